The van der Waals surface area contributed by atoms with Crippen LogP contribution in [0.15, 0.2) is 34.8 Å². The molecule has 0 saturated heterocycles. The van der Waals surface area contributed by atoms with Crippen LogP contribution >= 0.6 is 39.1 Å². The van der Waals surface area contributed by atoms with E-state index in [4.69, 9.17) is 38.4 Å². The highest BCUT2D eigenvalue weighted by Crippen LogP contribution is 2.37. The molecule has 2 N–H and O–H groups in total. The van der Waals surface area contributed by atoms with Gasteiger partial charge in [0.1, 0.15) is 6.61 Å². The molecule has 0 aliphatic rings. The van der Waals surface area contributed by atoms with Gasteiger partial charge in [-0.15, -0.1) is 0 Å². The monoisotopic (exact) mass is 389 g/mol. The van der Waals surface area contributed by atoms with Crippen molar-refractivity contribution in [1.29, 1.82) is 0 Å². The summed E-state index contributed by atoms with van der Waals surface area (Å²) in [5.74, 6) is 1.26. The molecule has 0 unspecified atom stereocenters. The Kier molecular flexibility index (Phi) is 5.76. The van der Waals surface area contributed by atoms with E-state index in [1.165, 1.54) is 0 Å². The number of benzene rings is 2. The van der Waals surface area contributed by atoms with Gasteiger partial charge in [-0.3, -0.25) is 0 Å². The largest absolute Gasteiger partial charge is 0.493 e. The molecule has 0 amide bonds. The number of halogens is 3. The Hall–Kier alpha value is -0.940. The van der Waals surface area contributed by atoms with Gasteiger partial charge in [-0.25, -0.2) is 0 Å². The molecule has 0 heterocycles. The van der Waals surface area contributed by atoms with Crippen molar-refractivity contribution in [2.24, 2.45) is 5.73 Å². The van der Waals surface area contributed by atoms with Crippen molar-refractivity contribution in [2.75, 3.05) is 7.11 Å². The third-order valence-electron chi connectivity index (χ3n) is 2.89. The molecular weight excluding hydrogens is 377 g/mol. The van der Waals surface area contributed by atoms with Gasteiger partial charge in [-0.2, -0.15) is 0 Å². The van der Waals surface area contributed by atoms with Crippen LogP contribution in [0.3, 0.4) is 0 Å². The average molecular weight is 391 g/mol. The molecule has 0 aromatic heterocycles. The lowest BCUT2D eigenvalue weighted by molar-refractivity contribution is 0.282. The summed E-state index contributed by atoms with van der Waals surface area (Å²) in [6.45, 7) is 0.788. The van der Waals surface area contributed by atoms with E-state index in [-0.39, 0.29) is 0 Å². The lowest BCUT2D eigenvalue weighted by atomic mass is 10.2. The van der Waals surface area contributed by atoms with E-state index in [9.17, 15) is 0 Å². The normalized spacial score (nSPS) is 10.5. The van der Waals surface area contributed by atoms with E-state index in [1.54, 1.807) is 19.2 Å². The Labute approximate surface area is 142 Å². The summed E-state index contributed by atoms with van der Waals surface area (Å²) >= 11 is 15.4. The molecule has 112 valence electrons. The molecule has 0 fully saturated rings. The van der Waals surface area contributed by atoms with Crippen molar-refractivity contribution in [1.82, 2.24) is 0 Å². The Morgan fingerprint density at radius 1 is 1.10 bits per heavy atom. The molecular formula is C15H14BrCl2NO2. The minimum atomic E-state index is 0.355. The highest BCUT2D eigenvalue weighted by Gasteiger charge is 2.12. The van der Waals surface area contributed by atoms with Crippen LogP contribution in [-0.2, 0) is 13.2 Å². The highest BCUT2D eigenvalue weighted by molar-refractivity contribution is 9.10. The van der Waals surface area contributed by atoms with Crippen LogP contribution in [0.4, 0.5) is 0 Å². The molecule has 21 heavy (non-hydrogen) atoms. The van der Waals surface area contributed by atoms with Gasteiger partial charge in [-0.1, -0.05) is 29.3 Å². The fraction of sp³-hybridized carbons (Fsp3) is 0.200. The van der Waals surface area contributed by atoms with E-state index in [1.807, 2.05) is 18.2 Å². The van der Waals surface area contributed by atoms with Gasteiger partial charge in [0.25, 0.3) is 0 Å². The van der Waals surface area contributed by atoms with E-state index in [0.29, 0.717) is 34.7 Å². The smallest absolute Gasteiger partial charge is 0.175 e. The molecule has 0 aliphatic carbocycles. The lowest BCUT2D eigenvalue weighted by Gasteiger charge is -2.14. The zero-order valence-corrected chi connectivity index (χ0v) is 14.4. The lowest BCUT2D eigenvalue weighted by Crippen LogP contribution is -2.02. The van der Waals surface area contributed by atoms with E-state index < -0.39 is 0 Å². The first-order chi connectivity index (χ1) is 10.0. The summed E-state index contributed by atoms with van der Waals surface area (Å²) < 4.78 is 12.0. The van der Waals surface area contributed by atoms with Crippen molar-refractivity contribution in [2.45, 2.75) is 13.2 Å². The molecule has 0 bridgehead atoms. The van der Waals surface area contributed by atoms with Crippen LogP contribution in [0.25, 0.3) is 0 Å². The SMILES string of the molecule is COc1cc(CN)cc(Br)c1OCc1ccc(Cl)c(Cl)c1. The van der Waals surface area contributed by atoms with Crippen LogP contribution in [0, 0.1) is 0 Å². The quantitative estimate of drug-likeness (QED) is 0.797. The summed E-state index contributed by atoms with van der Waals surface area (Å²) in [5.41, 5.74) is 7.52. The number of rotatable bonds is 5. The summed E-state index contributed by atoms with van der Waals surface area (Å²) in [6.07, 6.45) is 0. The zero-order valence-electron chi connectivity index (χ0n) is 11.3. The van der Waals surface area contributed by atoms with E-state index in [0.717, 1.165) is 15.6 Å². The molecule has 3 nitrogen and oxygen atoms in total. The van der Waals surface area contributed by atoms with Crippen molar-refractivity contribution >= 4 is 39.1 Å². The maximum Gasteiger partial charge on any atom is 0.175 e. The maximum atomic E-state index is 5.99. The number of nitrogens with two attached hydrogens (primary N) is 1. The standard InChI is InChI=1S/C15H14BrCl2NO2/c1-20-14-6-10(7-19)4-11(16)15(14)21-8-9-2-3-12(17)13(18)5-9/h2-6H,7-8,19H2,1H3. The van der Waals surface area contributed by atoms with Gasteiger partial charge in [0.05, 0.1) is 21.6 Å². The zero-order chi connectivity index (χ0) is 15.4. The summed E-state index contributed by atoms with van der Waals surface area (Å²) in [5, 5.41) is 1.02. The van der Waals surface area contributed by atoms with E-state index >= 15 is 0 Å². The third-order valence-corrected chi connectivity index (χ3v) is 4.22. The van der Waals surface area contributed by atoms with Crippen LogP contribution in [0.2, 0.25) is 10.0 Å². The minimum absolute atomic E-state index is 0.355. The first-order valence-electron chi connectivity index (χ1n) is 6.18. The van der Waals surface area contributed by atoms with Crippen molar-refractivity contribution in [3.8, 4) is 11.5 Å². The number of methoxy groups -OCH3 is 1. The molecule has 0 radical (unpaired) electrons. The van der Waals surface area contributed by atoms with Crippen LogP contribution < -0.4 is 15.2 Å². The summed E-state index contributed by atoms with van der Waals surface area (Å²) in [6, 6.07) is 9.15. The summed E-state index contributed by atoms with van der Waals surface area (Å²) in [7, 11) is 1.59. The Bertz CT molecular complexity index is 650. The second kappa shape index (κ2) is 7.36. The predicted octanol–water partition coefficient (Wildman–Crippen LogP) is 4.80. The van der Waals surface area contributed by atoms with Gasteiger partial charge in [0.2, 0.25) is 0 Å². The molecule has 2 rings (SSSR count). The average Bonchev–Trinajstić information content (AvgIpc) is 2.48. The van der Waals surface area contributed by atoms with Gasteiger partial charge in [-0.05, 0) is 51.3 Å². The number of hydrogen-bond donors (Lipinski definition) is 1. The van der Waals surface area contributed by atoms with E-state index in [2.05, 4.69) is 15.9 Å². The maximum absolute atomic E-state index is 5.99. The molecule has 6 heteroatoms. The first-order valence-corrected chi connectivity index (χ1v) is 7.73. The van der Waals surface area contributed by atoms with Crippen molar-refractivity contribution in [3.05, 3.63) is 56.0 Å². The van der Waals surface area contributed by atoms with Crippen molar-refractivity contribution in [3.63, 3.8) is 0 Å². The highest BCUT2D eigenvalue weighted by atomic mass is 79.9. The van der Waals surface area contributed by atoms with Crippen molar-refractivity contribution < 1.29 is 9.47 Å². The topological polar surface area (TPSA) is 44.5 Å². The fourth-order valence-corrected chi connectivity index (χ4v) is 2.74. The van der Waals surface area contributed by atoms with Crippen LogP contribution in [0.1, 0.15) is 11.1 Å². The molecule has 0 spiro atoms. The third kappa shape index (κ3) is 4.04. The molecule has 0 saturated carbocycles. The Morgan fingerprint density at radius 2 is 1.86 bits per heavy atom. The predicted molar refractivity (Wildman–Crippen MR) is 89.4 cm³/mol. The Balaban J connectivity index is 2.21. The van der Waals surface area contributed by atoms with Crippen LogP contribution in [0.5, 0.6) is 11.5 Å². The molecule has 2 aromatic carbocycles. The van der Waals surface area contributed by atoms with Gasteiger partial charge in [0, 0.05) is 6.54 Å². The minimum Gasteiger partial charge on any atom is -0.493 e. The number of ether oxygens (including phenoxy) is 2. The second-order valence-electron chi connectivity index (χ2n) is 4.35. The molecule has 0 atom stereocenters. The van der Waals surface area contributed by atoms with Gasteiger partial charge < -0.3 is 15.2 Å². The first kappa shape index (κ1) is 16.4. The number of hydrogen-bond acceptors (Lipinski definition) is 3. The Morgan fingerprint density at radius 3 is 2.48 bits per heavy atom. The van der Waals surface area contributed by atoms with Crippen LogP contribution in [-0.4, -0.2) is 7.11 Å². The van der Waals surface area contributed by atoms with Gasteiger partial charge in [0.15, 0.2) is 11.5 Å². The second-order valence-corrected chi connectivity index (χ2v) is 6.02. The molecule has 2 aromatic rings. The van der Waals surface area contributed by atoms with Gasteiger partial charge >= 0.3 is 0 Å². The molecule has 0 aliphatic heterocycles. The summed E-state index contributed by atoms with van der Waals surface area (Å²) in [4.78, 5) is 0. The fourth-order valence-electron chi connectivity index (χ4n) is 1.82.